The molecule has 2 unspecified atom stereocenters. The first-order chi connectivity index (χ1) is 14.2. The molecule has 8 heteroatoms. The molecule has 5 rings (SSSR count). The second kappa shape index (κ2) is 7.08. The first kappa shape index (κ1) is 18.0. The Morgan fingerprint density at radius 1 is 1.14 bits per heavy atom. The summed E-state index contributed by atoms with van der Waals surface area (Å²) in [5.74, 6) is 0.892. The molecule has 0 saturated heterocycles. The average Bonchev–Trinajstić information content (AvgIpc) is 3.41. The quantitative estimate of drug-likeness (QED) is 0.692. The molecule has 2 atom stereocenters. The number of nitrogens with one attached hydrogen (secondary N) is 1. The molecule has 1 aromatic carbocycles. The van der Waals surface area contributed by atoms with Crippen molar-refractivity contribution in [3.8, 4) is 0 Å². The third-order valence-electron chi connectivity index (χ3n) is 6.48. The zero-order valence-corrected chi connectivity index (χ0v) is 16.5. The number of aromatic nitrogens is 4. The van der Waals surface area contributed by atoms with Crippen LogP contribution in [0.5, 0.6) is 0 Å². The van der Waals surface area contributed by atoms with Gasteiger partial charge in [-0.15, -0.1) is 0 Å². The van der Waals surface area contributed by atoms with Crippen LogP contribution in [0.3, 0.4) is 0 Å². The minimum Gasteiger partial charge on any atom is -0.306 e. The van der Waals surface area contributed by atoms with E-state index in [0.717, 1.165) is 48.3 Å². The first-order valence-corrected chi connectivity index (χ1v) is 10.0. The molecule has 1 fully saturated rings. The molecule has 0 amide bonds. The molecule has 0 bridgehead atoms. The molecule has 1 aliphatic carbocycles. The molecule has 29 heavy (non-hydrogen) atoms. The van der Waals surface area contributed by atoms with Crippen molar-refractivity contribution in [3.63, 3.8) is 0 Å². The van der Waals surface area contributed by atoms with Crippen LogP contribution in [0, 0.1) is 12.5 Å². The molecule has 0 spiro atoms. The summed E-state index contributed by atoms with van der Waals surface area (Å²) in [5, 5.41) is 15.4. The van der Waals surface area contributed by atoms with Crippen LogP contribution < -0.4 is 0 Å². The van der Waals surface area contributed by atoms with Gasteiger partial charge in [0, 0.05) is 17.5 Å². The number of hydrogen-bond donors (Lipinski definition) is 1. The maximum absolute atomic E-state index is 8.05. The van der Waals surface area contributed by atoms with Crippen LogP contribution in [0.25, 0.3) is 15.9 Å². The monoisotopic (exact) mass is 389 g/mol. The van der Waals surface area contributed by atoms with E-state index in [0.29, 0.717) is 23.0 Å². The van der Waals surface area contributed by atoms with Gasteiger partial charge in [0.1, 0.15) is 16.7 Å². The molecule has 3 heterocycles. The minimum absolute atomic E-state index is 0.184. The van der Waals surface area contributed by atoms with Crippen LogP contribution in [-0.4, -0.2) is 57.3 Å². The number of benzene rings is 1. The molecular formula is C21H23N7O. The summed E-state index contributed by atoms with van der Waals surface area (Å²) in [7, 11) is 4.29. The summed E-state index contributed by atoms with van der Waals surface area (Å²) in [6.07, 6.45) is 6.16. The van der Waals surface area contributed by atoms with E-state index in [1.807, 2.05) is 18.2 Å². The van der Waals surface area contributed by atoms with Gasteiger partial charge in [-0.3, -0.25) is 5.10 Å². The van der Waals surface area contributed by atoms with Crippen LogP contribution in [0.1, 0.15) is 42.7 Å². The lowest BCUT2D eigenvalue weighted by Gasteiger charge is -2.35. The van der Waals surface area contributed by atoms with Crippen LogP contribution in [-0.2, 0) is 0 Å². The highest BCUT2D eigenvalue weighted by molar-refractivity contribution is 5.99. The van der Waals surface area contributed by atoms with Crippen LogP contribution in [0.15, 0.2) is 34.0 Å². The summed E-state index contributed by atoms with van der Waals surface area (Å²) >= 11 is 0. The number of hydrogen-bond acceptors (Lipinski definition) is 6. The Morgan fingerprint density at radius 3 is 2.72 bits per heavy atom. The molecule has 2 aromatic heterocycles. The third-order valence-corrected chi connectivity index (χ3v) is 6.48. The maximum atomic E-state index is 8.05. The Morgan fingerprint density at radius 2 is 1.97 bits per heavy atom. The average molecular weight is 389 g/mol. The van der Waals surface area contributed by atoms with Crippen molar-refractivity contribution >= 4 is 22.6 Å². The van der Waals surface area contributed by atoms with Crippen molar-refractivity contribution in [3.05, 3.63) is 46.9 Å². The molecule has 148 valence electrons. The van der Waals surface area contributed by atoms with Crippen LogP contribution in [0.2, 0.25) is 0 Å². The highest BCUT2D eigenvalue weighted by Gasteiger charge is 2.45. The largest absolute Gasteiger partial charge is 0.306 e. The number of nitrogens with zero attached hydrogens (tertiary/aromatic N) is 6. The standard InChI is InChI=1S/C21H23N7O/c1-22-20-17(14-5-4-6-16-19(14)27-29-26-16)15-11-23-25-21(15)24-18(20)12-7-9-13(10-8-12)28(2)3/h4-6,11-13,17,20H,7-10H2,2-3H3,(H,23,25). The summed E-state index contributed by atoms with van der Waals surface area (Å²) in [5.41, 5.74) is 4.27. The molecule has 1 N–H and O–H groups in total. The Bertz CT molecular complexity index is 1100. The predicted octanol–water partition coefficient (Wildman–Crippen LogP) is 3.57. The molecule has 8 nitrogen and oxygen atoms in total. The van der Waals surface area contributed by atoms with Crippen LogP contribution >= 0.6 is 0 Å². The van der Waals surface area contributed by atoms with Crippen molar-refractivity contribution in [1.29, 1.82) is 0 Å². The lowest BCUT2D eigenvalue weighted by Crippen LogP contribution is -2.39. The molecule has 0 radical (unpaired) electrons. The normalized spacial score (nSPS) is 26.9. The fraction of sp³-hybridized carbons (Fsp3) is 0.476. The van der Waals surface area contributed by atoms with E-state index in [1.54, 1.807) is 6.20 Å². The third kappa shape index (κ3) is 2.93. The Kier molecular flexibility index (Phi) is 4.40. The molecular weight excluding hydrogens is 366 g/mol. The fourth-order valence-electron chi connectivity index (χ4n) is 4.92. The first-order valence-electron chi connectivity index (χ1n) is 10.0. The smallest absolute Gasteiger partial charge is 0.272 e. The van der Waals surface area contributed by atoms with Gasteiger partial charge in [0.15, 0.2) is 5.82 Å². The van der Waals surface area contributed by atoms with Crippen molar-refractivity contribution in [2.45, 2.75) is 43.7 Å². The second-order valence-electron chi connectivity index (χ2n) is 8.21. The number of aromatic amines is 1. The Balaban J connectivity index is 1.57. The summed E-state index contributed by atoms with van der Waals surface area (Å²) in [6.45, 7) is 8.05. The van der Waals surface area contributed by atoms with Gasteiger partial charge in [0.05, 0.1) is 12.1 Å². The SMILES string of the molecule is [C-]#[N+]C1C(C2CCC(N(C)C)CC2)=Nc2[nH]ncc2C1c1cccc2nonc12. The summed E-state index contributed by atoms with van der Waals surface area (Å²) in [6, 6.07) is 6.06. The van der Waals surface area contributed by atoms with Crippen molar-refractivity contribution < 1.29 is 4.63 Å². The van der Waals surface area contributed by atoms with E-state index in [9.17, 15) is 0 Å². The zero-order chi connectivity index (χ0) is 20.0. The number of rotatable bonds is 3. The molecule has 3 aromatic rings. The van der Waals surface area contributed by atoms with E-state index in [2.05, 4.69) is 44.4 Å². The van der Waals surface area contributed by atoms with Crippen molar-refractivity contribution in [2.24, 2.45) is 10.9 Å². The predicted molar refractivity (Wildman–Crippen MR) is 109 cm³/mol. The van der Waals surface area contributed by atoms with Gasteiger partial charge in [-0.2, -0.15) is 5.10 Å². The molecule has 1 aliphatic heterocycles. The minimum atomic E-state index is -0.372. The highest BCUT2D eigenvalue weighted by atomic mass is 16.6. The molecule has 1 saturated carbocycles. The van der Waals surface area contributed by atoms with Crippen molar-refractivity contribution in [1.82, 2.24) is 25.4 Å². The number of aliphatic imine (C=N–C) groups is 1. The Hall–Kier alpha value is -3.05. The van der Waals surface area contributed by atoms with E-state index in [-0.39, 0.29) is 12.0 Å². The van der Waals surface area contributed by atoms with E-state index < -0.39 is 0 Å². The van der Waals surface area contributed by atoms with E-state index in [4.69, 9.17) is 16.2 Å². The topological polar surface area (TPSA) is 87.6 Å². The van der Waals surface area contributed by atoms with Gasteiger partial charge in [-0.1, -0.05) is 12.1 Å². The van der Waals surface area contributed by atoms with Crippen LogP contribution in [0.4, 0.5) is 5.82 Å². The lowest BCUT2D eigenvalue weighted by molar-refractivity contribution is 0.213. The van der Waals surface area contributed by atoms with Crippen molar-refractivity contribution in [2.75, 3.05) is 14.1 Å². The van der Waals surface area contributed by atoms with Gasteiger partial charge in [-0.25, -0.2) is 16.2 Å². The zero-order valence-electron chi connectivity index (χ0n) is 16.5. The number of H-pyrrole nitrogens is 1. The fourth-order valence-corrected chi connectivity index (χ4v) is 4.92. The lowest BCUT2D eigenvalue weighted by atomic mass is 9.74. The Labute approximate surface area is 168 Å². The summed E-state index contributed by atoms with van der Waals surface area (Å²) < 4.78 is 4.98. The summed E-state index contributed by atoms with van der Waals surface area (Å²) in [4.78, 5) is 11.3. The number of fused-ring (bicyclic) bond motifs is 2. The second-order valence-corrected chi connectivity index (χ2v) is 8.21. The van der Waals surface area contributed by atoms with Gasteiger partial charge in [-0.05, 0) is 61.7 Å². The molecule has 2 aliphatic rings. The van der Waals surface area contributed by atoms with Gasteiger partial charge >= 0.3 is 0 Å². The van der Waals surface area contributed by atoms with E-state index in [1.165, 1.54) is 0 Å². The van der Waals surface area contributed by atoms with Gasteiger partial charge < -0.3 is 9.74 Å². The van der Waals surface area contributed by atoms with Gasteiger partial charge in [0.25, 0.3) is 6.04 Å². The highest BCUT2D eigenvalue weighted by Crippen LogP contribution is 2.44. The van der Waals surface area contributed by atoms with E-state index >= 15 is 0 Å². The maximum Gasteiger partial charge on any atom is 0.272 e. The van der Waals surface area contributed by atoms with Gasteiger partial charge in [0.2, 0.25) is 0 Å².